The van der Waals surface area contributed by atoms with Crippen molar-refractivity contribution in [3.05, 3.63) is 0 Å². The van der Waals surface area contributed by atoms with Crippen molar-refractivity contribution in [2.24, 2.45) is 5.92 Å². The van der Waals surface area contributed by atoms with Crippen LogP contribution in [0, 0.1) is 5.92 Å². The van der Waals surface area contributed by atoms with Gasteiger partial charge in [0.25, 0.3) is 0 Å². The first-order valence-electron chi connectivity index (χ1n) is 7.05. The molecule has 0 aromatic heterocycles. The summed E-state index contributed by atoms with van der Waals surface area (Å²) in [4.78, 5) is 12.2. The van der Waals surface area contributed by atoms with Crippen molar-refractivity contribution in [3.63, 3.8) is 0 Å². The Morgan fingerprint density at radius 2 is 2.00 bits per heavy atom. The van der Waals surface area contributed by atoms with Crippen molar-refractivity contribution in [2.75, 3.05) is 0 Å². The third kappa shape index (κ3) is 2.22. The molecule has 3 aliphatic rings. The normalized spacial score (nSPS) is 39.2. The van der Waals surface area contributed by atoms with Crippen molar-refractivity contribution in [2.45, 2.75) is 76.1 Å². The molecule has 2 saturated heterocycles. The summed E-state index contributed by atoms with van der Waals surface area (Å²) in [6, 6.07) is 0. The molecule has 3 unspecified atom stereocenters. The smallest absolute Gasteiger partial charge is 0.312 e. The summed E-state index contributed by atoms with van der Waals surface area (Å²) in [6.45, 7) is 2.10. The Balaban J connectivity index is 1.59. The Labute approximate surface area is 103 Å². The zero-order chi connectivity index (χ0) is 11.9. The molecule has 0 aromatic carbocycles. The highest BCUT2D eigenvalue weighted by atomic mass is 16.6. The molecule has 0 radical (unpaired) electrons. The fourth-order valence-electron chi connectivity index (χ4n) is 3.61. The van der Waals surface area contributed by atoms with Crippen LogP contribution in [0.4, 0.5) is 0 Å². The maximum Gasteiger partial charge on any atom is 0.312 e. The van der Waals surface area contributed by atoms with Crippen LogP contribution in [-0.2, 0) is 14.3 Å². The second-order valence-electron chi connectivity index (χ2n) is 6.15. The van der Waals surface area contributed by atoms with E-state index in [9.17, 15) is 4.79 Å². The van der Waals surface area contributed by atoms with Gasteiger partial charge in [-0.25, -0.2) is 0 Å². The maximum absolute atomic E-state index is 12.2. The highest BCUT2D eigenvalue weighted by molar-refractivity contribution is 5.74. The van der Waals surface area contributed by atoms with Crippen molar-refractivity contribution in [1.82, 2.24) is 0 Å². The molecule has 2 bridgehead atoms. The van der Waals surface area contributed by atoms with E-state index < -0.39 is 0 Å². The Bertz CT molecular complexity index is 307. The molecule has 96 valence electrons. The summed E-state index contributed by atoms with van der Waals surface area (Å²) < 4.78 is 11.5. The first-order chi connectivity index (χ1) is 8.16. The molecule has 0 aromatic rings. The fourth-order valence-corrected chi connectivity index (χ4v) is 3.61. The summed E-state index contributed by atoms with van der Waals surface area (Å²) in [5.74, 6) is 0.0223. The second kappa shape index (κ2) is 4.27. The van der Waals surface area contributed by atoms with Crippen LogP contribution in [0.15, 0.2) is 0 Å². The van der Waals surface area contributed by atoms with Gasteiger partial charge in [-0.05, 0) is 51.9 Å². The number of fused-ring (bicyclic) bond motifs is 2. The largest absolute Gasteiger partial charge is 0.459 e. The summed E-state index contributed by atoms with van der Waals surface area (Å²) in [5.41, 5.74) is -0.197. The lowest BCUT2D eigenvalue weighted by atomic mass is 9.85. The number of hydrogen-bond acceptors (Lipinski definition) is 3. The quantitative estimate of drug-likeness (QED) is 0.694. The van der Waals surface area contributed by atoms with Crippen molar-refractivity contribution >= 4 is 5.97 Å². The maximum atomic E-state index is 12.2. The van der Waals surface area contributed by atoms with E-state index in [4.69, 9.17) is 9.47 Å². The summed E-state index contributed by atoms with van der Waals surface area (Å²) in [7, 11) is 0. The standard InChI is InChI=1S/C14H22O3/c1-14(7-3-2-4-8-14)17-13(15)11-9-10-5-6-12(11)16-10/h10-12H,2-9H2,1H3. The third-order valence-corrected chi connectivity index (χ3v) is 4.67. The molecule has 0 amide bonds. The summed E-state index contributed by atoms with van der Waals surface area (Å²) in [6.07, 6.45) is 9.27. The van der Waals surface area contributed by atoms with Crippen LogP contribution in [0.5, 0.6) is 0 Å². The highest BCUT2D eigenvalue weighted by Gasteiger charge is 2.46. The van der Waals surface area contributed by atoms with Crippen molar-refractivity contribution in [3.8, 4) is 0 Å². The van der Waals surface area contributed by atoms with E-state index in [0.29, 0.717) is 6.10 Å². The van der Waals surface area contributed by atoms with E-state index in [0.717, 1.165) is 32.1 Å². The molecular formula is C14H22O3. The van der Waals surface area contributed by atoms with E-state index in [1.165, 1.54) is 19.3 Å². The van der Waals surface area contributed by atoms with Crippen molar-refractivity contribution < 1.29 is 14.3 Å². The van der Waals surface area contributed by atoms with Gasteiger partial charge in [-0.3, -0.25) is 4.79 Å². The van der Waals surface area contributed by atoms with Crippen LogP contribution >= 0.6 is 0 Å². The Hall–Kier alpha value is -0.570. The predicted octanol–water partition coefficient (Wildman–Crippen LogP) is 2.82. The first kappa shape index (κ1) is 11.5. The van der Waals surface area contributed by atoms with E-state index >= 15 is 0 Å². The molecule has 3 atom stereocenters. The zero-order valence-corrected chi connectivity index (χ0v) is 10.6. The average Bonchev–Trinajstić information content (AvgIpc) is 2.91. The second-order valence-corrected chi connectivity index (χ2v) is 6.15. The van der Waals surface area contributed by atoms with Gasteiger partial charge in [-0.2, -0.15) is 0 Å². The van der Waals surface area contributed by atoms with Crippen LogP contribution in [0.25, 0.3) is 0 Å². The van der Waals surface area contributed by atoms with Gasteiger partial charge in [-0.1, -0.05) is 6.42 Å². The van der Waals surface area contributed by atoms with Crippen LogP contribution in [0.2, 0.25) is 0 Å². The lowest BCUT2D eigenvalue weighted by Gasteiger charge is -2.34. The Morgan fingerprint density at radius 3 is 2.59 bits per heavy atom. The number of rotatable bonds is 2. The molecule has 3 nitrogen and oxygen atoms in total. The Morgan fingerprint density at radius 1 is 1.24 bits per heavy atom. The average molecular weight is 238 g/mol. The van der Waals surface area contributed by atoms with Gasteiger partial charge < -0.3 is 9.47 Å². The molecular weight excluding hydrogens is 216 g/mol. The van der Waals surface area contributed by atoms with Crippen LogP contribution in [-0.4, -0.2) is 23.8 Å². The number of carbonyl (C=O) groups is 1. The number of esters is 1. The van der Waals surface area contributed by atoms with Gasteiger partial charge in [0.15, 0.2) is 0 Å². The fraction of sp³-hybridized carbons (Fsp3) is 0.929. The topological polar surface area (TPSA) is 35.5 Å². The van der Waals surface area contributed by atoms with E-state index in [1.807, 2.05) is 0 Å². The monoisotopic (exact) mass is 238 g/mol. The lowest BCUT2D eigenvalue weighted by molar-refractivity contribution is -0.168. The van der Waals surface area contributed by atoms with Gasteiger partial charge in [0.05, 0.1) is 18.1 Å². The third-order valence-electron chi connectivity index (χ3n) is 4.67. The minimum atomic E-state index is -0.197. The number of hydrogen-bond donors (Lipinski definition) is 0. The zero-order valence-electron chi connectivity index (χ0n) is 10.6. The molecule has 1 aliphatic carbocycles. The predicted molar refractivity (Wildman–Crippen MR) is 63.6 cm³/mol. The van der Waals surface area contributed by atoms with E-state index in [2.05, 4.69) is 6.92 Å². The molecule has 0 spiro atoms. The molecule has 2 aliphatic heterocycles. The molecule has 2 heterocycles. The van der Waals surface area contributed by atoms with Gasteiger partial charge >= 0.3 is 5.97 Å². The van der Waals surface area contributed by atoms with Gasteiger partial charge in [0, 0.05) is 0 Å². The highest BCUT2D eigenvalue weighted by Crippen LogP contribution is 2.41. The Kier molecular flexibility index (Phi) is 2.89. The SMILES string of the molecule is CC1(OC(=O)C2CC3CCC2O3)CCCCC1. The van der Waals surface area contributed by atoms with Crippen LogP contribution in [0.1, 0.15) is 58.3 Å². The molecule has 3 fully saturated rings. The molecule has 3 heteroatoms. The van der Waals surface area contributed by atoms with Gasteiger partial charge in [-0.15, -0.1) is 0 Å². The summed E-state index contributed by atoms with van der Waals surface area (Å²) in [5, 5.41) is 0. The minimum absolute atomic E-state index is 0.00148. The lowest BCUT2D eigenvalue weighted by Crippen LogP contribution is -2.38. The molecule has 17 heavy (non-hydrogen) atoms. The minimum Gasteiger partial charge on any atom is -0.459 e. The van der Waals surface area contributed by atoms with Gasteiger partial charge in [0.2, 0.25) is 0 Å². The van der Waals surface area contributed by atoms with Crippen LogP contribution < -0.4 is 0 Å². The van der Waals surface area contributed by atoms with E-state index in [1.54, 1.807) is 0 Å². The van der Waals surface area contributed by atoms with Crippen LogP contribution in [0.3, 0.4) is 0 Å². The molecule has 0 N–H and O–H groups in total. The van der Waals surface area contributed by atoms with E-state index in [-0.39, 0.29) is 23.6 Å². The molecule has 3 rings (SSSR count). The molecule has 1 saturated carbocycles. The number of carbonyl (C=O) groups excluding carboxylic acids is 1. The van der Waals surface area contributed by atoms with Gasteiger partial charge in [0.1, 0.15) is 5.60 Å². The first-order valence-corrected chi connectivity index (χ1v) is 7.05. The number of ether oxygens (including phenoxy) is 2. The van der Waals surface area contributed by atoms with Crippen molar-refractivity contribution in [1.29, 1.82) is 0 Å². The summed E-state index contributed by atoms with van der Waals surface area (Å²) >= 11 is 0.